The normalized spacial score (nSPS) is 37.9. The van der Waals surface area contributed by atoms with Gasteiger partial charge < -0.3 is 9.47 Å². The van der Waals surface area contributed by atoms with Crippen molar-refractivity contribution in [2.75, 3.05) is 7.11 Å². The van der Waals surface area contributed by atoms with Gasteiger partial charge >= 0.3 is 5.97 Å². The van der Waals surface area contributed by atoms with E-state index in [-0.39, 0.29) is 41.6 Å². The standard InChI is InChI=1S/C23H32O5/c1-13-15-7-8-19(25)23(5)10-9-20(28-14(2)24)22(3,4)18(23)12-17(27-6)16(11-15)21(13)26/h11,15,17-18,20H,1,7-10,12H2,2-6H3/t15-,17-,18?,20+,23-/m1/s1. The predicted octanol–water partition coefficient (Wildman–Crippen LogP) is 3.81. The molecule has 5 atom stereocenters. The number of hydrogen-bond acceptors (Lipinski definition) is 5. The minimum Gasteiger partial charge on any atom is -0.462 e. The molecule has 0 aliphatic heterocycles. The van der Waals surface area contributed by atoms with Gasteiger partial charge in [-0.25, -0.2) is 0 Å². The monoisotopic (exact) mass is 388 g/mol. The highest BCUT2D eigenvalue weighted by Crippen LogP contribution is 2.56. The molecule has 3 aliphatic carbocycles. The highest BCUT2D eigenvalue weighted by Gasteiger charge is 2.56. The van der Waals surface area contributed by atoms with Crippen molar-refractivity contribution in [3.8, 4) is 0 Å². The van der Waals surface area contributed by atoms with E-state index in [2.05, 4.69) is 20.4 Å². The van der Waals surface area contributed by atoms with Crippen LogP contribution in [0.3, 0.4) is 0 Å². The molecule has 0 saturated heterocycles. The summed E-state index contributed by atoms with van der Waals surface area (Å²) in [5.41, 5.74) is 0.290. The van der Waals surface area contributed by atoms with Crippen molar-refractivity contribution in [3.05, 3.63) is 23.8 Å². The van der Waals surface area contributed by atoms with Crippen molar-refractivity contribution in [1.29, 1.82) is 0 Å². The summed E-state index contributed by atoms with van der Waals surface area (Å²) in [6.07, 6.45) is 4.23. The van der Waals surface area contributed by atoms with E-state index in [1.54, 1.807) is 7.11 Å². The molecule has 5 nitrogen and oxygen atoms in total. The Morgan fingerprint density at radius 2 is 1.89 bits per heavy atom. The second kappa shape index (κ2) is 7.25. The lowest BCUT2D eigenvalue weighted by Gasteiger charge is -2.54. The van der Waals surface area contributed by atoms with Crippen LogP contribution in [0.4, 0.5) is 0 Å². The van der Waals surface area contributed by atoms with Crippen LogP contribution in [-0.2, 0) is 23.9 Å². The van der Waals surface area contributed by atoms with Gasteiger partial charge in [-0.15, -0.1) is 0 Å². The number of methoxy groups -OCH3 is 1. The molecule has 0 N–H and O–H groups in total. The maximum absolute atomic E-state index is 13.4. The minimum absolute atomic E-state index is 0.0435. The van der Waals surface area contributed by atoms with Gasteiger partial charge in [-0.3, -0.25) is 14.4 Å². The number of ether oxygens (including phenoxy) is 2. The van der Waals surface area contributed by atoms with Gasteiger partial charge in [0.05, 0.1) is 6.10 Å². The number of allylic oxidation sites excluding steroid dienone is 2. The number of hydrogen-bond donors (Lipinski definition) is 0. The van der Waals surface area contributed by atoms with Gasteiger partial charge in [-0.1, -0.05) is 33.4 Å². The Labute approximate surface area is 167 Å². The number of carbonyl (C=O) groups is 3. The molecule has 0 amide bonds. The van der Waals surface area contributed by atoms with Crippen LogP contribution < -0.4 is 0 Å². The van der Waals surface area contributed by atoms with Gasteiger partial charge in [-0.05, 0) is 37.2 Å². The van der Waals surface area contributed by atoms with Crippen LogP contribution >= 0.6 is 0 Å². The van der Waals surface area contributed by atoms with Crippen LogP contribution in [0.15, 0.2) is 23.8 Å². The molecule has 0 heterocycles. The lowest BCUT2D eigenvalue weighted by molar-refractivity contribution is -0.173. The average molecular weight is 389 g/mol. The molecule has 28 heavy (non-hydrogen) atoms. The van der Waals surface area contributed by atoms with Crippen molar-refractivity contribution >= 4 is 17.5 Å². The van der Waals surface area contributed by atoms with Gasteiger partial charge in [0.1, 0.15) is 11.9 Å². The Morgan fingerprint density at radius 3 is 2.50 bits per heavy atom. The van der Waals surface area contributed by atoms with Gasteiger partial charge in [0.2, 0.25) is 0 Å². The third kappa shape index (κ3) is 3.28. The molecule has 154 valence electrons. The molecule has 3 aliphatic rings. The van der Waals surface area contributed by atoms with Crippen molar-refractivity contribution in [2.45, 2.75) is 72.0 Å². The van der Waals surface area contributed by atoms with Gasteiger partial charge in [0.15, 0.2) is 5.78 Å². The third-order valence-corrected chi connectivity index (χ3v) is 7.51. The number of carbonyl (C=O) groups excluding carboxylic acids is 3. The number of ketones is 2. The average Bonchev–Trinajstić information content (AvgIpc) is 2.89. The zero-order valence-electron chi connectivity index (χ0n) is 17.7. The van der Waals surface area contributed by atoms with Crippen molar-refractivity contribution in [3.63, 3.8) is 0 Å². The highest BCUT2D eigenvalue weighted by atomic mass is 16.5. The summed E-state index contributed by atoms with van der Waals surface area (Å²) in [6, 6.07) is 0. The fourth-order valence-corrected chi connectivity index (χ4v) is 5.73. The van der Waals surface area contributed by atoms with Crippen molar-refractivity contribution in [2.24, 2.45) is 22.7 Å². The lowest BCUT2D eigenvalue weighted by Crippen LogP contribution is -2.55. The number of rotatable bonds is 2. The Hall–Kier alpha value is -1.75. The lowest BCUT2D eigenvalue weighted by atomic mass is 9.52. The molecule has 0 radical (unpaired) electrons. The topological polar surface area (TPSA) is 69.7 Å². The van der Waals surface area contributed by atoms with Crippen LogP contribution in [0.25, 0.3) is 0 Å². The van der Waals surface area contributed by atoms with E-state index >= 15 is 0 Å². The fraction of sp³-hybridized carbons (Fsp3) is 0.696. The fourth-order valence-electron chi connectivity index (χ4n) is 5.73. The van der Waals surface area contributed by atoms with Crippen molar-refractivity contribution < 1.29 is 23.9 Å². The summed E-state index contributed by atoms with van der Waals surface area (Å²) in [5, 5.41) is 0. The largest absolute Gasteiger partial charge is 0.462 e. The maximum atomic E-state index is 13.4. The molecule has 0 spiro atoms. The first-order valence-electron chi connectivity index (χ1n) is 10.2. The van der Waals surface area contributed by atoms with Crippen LogP contribution in [-0.4, -0.2) is 36.9 Å². The maximum Gasteiger partial charge on any atom is 0.302 e. The molecule has 5 heteroatoms. The molecule has 0 aromatic heterocycles. The summed E-state index contributed by atoms with van der Waals surface area (Å²) in [6.45, 7) is 11.6. The van der Waals surface area contributed by atoms with E-state index in [0.717, 1.165) is 0 Å². The molecule has 1 unspecified atom stereocenters. The molecular weight excluding hydrogens is 356 g/mol. The first-order chi connectivity index (χ1) is 13.0. The quantitative estimate of drug-likeness (QED) is 0.531. The summed E-state index contributed by atoms with van der Waals surface area (Å²) < 4.78 is 11.4. The molecule has 1 saturated carbocycles. The smallest absolute Gasteiger partial charge is 0.302 e. The van der Waals surface area contributed by atoms with E-state index in [0.29, 0.717) is 43.3 Å². The predicted molar refractivity (Wildman–Crippen MR) is 106 cm³/mol. The van der Waals surface area contributed by atoms with Crippen LogP contribution in [0.5, 0.6) is 0 Å². The molecule has 3 rings (SSSR count). The second-order valence-corrected chi connectivity index (χ2v) is 9.43. The van der Waals surface area contributed by atoms with Crippen molar-refractivity contribution in [1.82, 2.24) is 0 Å². The summed E-state index contributed by atoms with van der Waals surface area (Å²) >= 11 is 0. The van der Waals surface area contributed by atoms with E-state index in [4.69, 9.17) is 9.47 Å². The van der Waals surface area contributed by atoms with Gasteiger partial charge in [0.25, 0.3) is 0 Å². The third-order valence-electron chi connectivity index (χ3n) is 7.51. The number of fused-ring (bicyclic) bond motifs is 2. The summed E-state index contributed by atoms with van der Waals surface area (Å²) in [4.78, 5) is 37.8. The van der Waals surface area contributed by atoms with E-state index in [1.807, 2.05) is 13.0 Å². The van der Waals surface area contributed by atoms with Gasteiger partial charge in [0, 0.05) is 42.8 Å². The first-order valence-corrected chi connectivity index (χ1v) is 10.2. The molecule has 2 bridgehead atoms. The molecule has 1 fully saturated rings. The first kappa shape index (κ1) is 21.0. The molecule has 0 aromatic rings. The summed E-state index contributed by atoms with van der Waals surface area (Å²) in [7, 11) is 1.61. The number of Topliss-reactive ketones (excluding diaryl/α,β-unsaturated/α-hetero) is 2. The van der Waals surface area contributed by atoms with Crippen LogP contribution in [0, 0.1) is 22.7 Å². The zero-order valence-corrected chi connectivity index (χ0v) is 17.7. The van der Waals surface area contributed by atoms with Crippen LogP contribution in [0.2, 0.25) is 0 Å². The molecular formula is C23H32O5. The van der Waals surface area contributed by atoms with E-state index in [1.165, 1.54) is 6.92 Å². The summed E-state index contributed by atoms with van der Waals surface area (Å²) in [5.74, 6) is -0.267. The van der Waals surface area contributed by atoms with Gasteiger partial charge in [-0.2, -0.15) is 0 Å². The Balaban J connectivity index is 2.05. The van der Waals surface area contributed by atoms with E-state index in [9.17, 15) is 14.4 Å². The molecule has 0 aromatic carbocycles. The van der Waals surface area contributed by atoms with Crippen LogP contribution in [0.1, 0.15) is 59.8 Å². The Kier molecular flexibility index (Phi) is 5.43. The Morgan fingerprint density at radius 1 is 1.21 bits per heavy atom. The van der Waals surface area contributed by atoms with E-state index < -0.39 is 10.8 Å². The SMILES string of the molecule is C=C1C(=O)C2=C[C@H]1CCC(=O)[C@]1(C)CC[C@H](OC(C)=O)C(C)(C)C1C[C@H]2OC. The Bertz CT molecular complexity index is 746. The number of esters is 1. The minimum atomic E-state index is -0.529. The highest BCUT2D eigenvalue weighted by molar-refractivity contribution is 6.11. The second-order valence-electron chi connectivity index (χ2n) is 9.43. The zero-order chi connectivity index (χ0) is 20.9.